The van der Waals surface area contributed by atoms with E-state index in [-0.39, 0.29) is 11.8 Å². The Morgan fingerprint density at radius 3 is 2.44 bits per heavy atom. The second kappa shape index (κ2) is 7.38. The van der Waals surface area contributed by atoms with E-state index in [1.165, 1.54) is 24.0 Å². The van der Waals surface area contributed by atoms with E-state index in [1.807, 2.05) is 19.1 Å². The average molecular weight is 354 g/mol. The van der Waals surface area contributed by atoms with Gasteiger partial charge in [-0.1, -0.05) is 30.3 Å². The molecule has 0 aliphatic heterocycles. The number of hydrogen-bond donors (Lipinski definition) is 1. The van der Waals surface area contributed by atoms with Gasteiger partial charge in [-0.15, -0.1) is 0 Å². The number of benzene rings is 2. The molecule has 1 N–H and O–H groups in total. The van der Waals surface area contributed by atoms with E-state index in [2.05, 4.69) is 16.9 Å². The van der Waals surface area contributed by atoms with Gasteiger partial charge in [0.15, 0.2) is 0 Å². The molecule has 4 nitrogen and oxygen atoms in total. The lowest BCUT2D eigenvalue weighted by Crippen LogP contribution is -2.28. The smallest absolute Gasteiger partial charge is 0.212 e. The van der Waals surface area contributed by atoms with E-state index in [0.29, 0.717) is 11.1 Å². The Morgan fingerprint density at radius 1 is 1.08 bits per heavy atom. The molecule has 0 saturated carbocycles. The van der Waals surface area contributed by atoms with Crippen molar-refractivity contribution in [2.24, 2.45) is 0 Å². The summed E-state index contributed by atoms with van der Waals surface area (Å²) in [5.41, 5.74) is 4.94. The minimum absolute atomic E-state index is 0.0893. The summed E-state index contributed by atoms with van der Waals surface area (Å²) in [7, 11) is -3.46. The number of nitrogens with one attached hydrogen (secondary N) is 1. The number of aryl methyl sites for hydroxylation is 2. The maximum absolute atomic E-state index is 12.5. The highest BCUT2D eigenvalue weighted by molar-refractivity contribution is 7.88. The maximum Gasteiger partial charge on any atom is 0.216 e. The minimum atomic E-state index is -3.46. The molecule has 0 heterocycles. The van der Waals surface area contributed by atoms with Gasteiger partial charge in [0.25, 0.3) is 0 Å². The molecule has 1 atom stereocenters. The Morgan fingerprint density at radius 2 is 1.76 bits per heavy atom. The van der Waals surface area contributed by atoms with Crippen LogP contribution in [0.5, 0.6) is 0 Å². The normalized spacial score (nSPS) is 15.2. The molecule has 0 spiro atoms. The fraction of sp³-hybridized carbons (Fsp3) is 0.350. The lowest BCUT2D eigenvalue weighted by molar-refractivity contribution is 0.565. The highest BCUT2D eigenvalue weighted by atomic mass is 32.2. The van der Waals surface area contributed by atoms with Crippen molar-refractivity contribution in [3.05, 3.63) is 70.3 Å². The van der Waals surface area contributed by atoms with Gasteiger partial charge in [-0.05, 0) is 67.0 Å². The zero-order valence-electron chi connectivity index (χ0n) is 14.3. The first-order valence-corrected chi connectivity index (χ1v) is 10.2. The Kier molecular flexibility index (Phi) is 5.22. The van der Waals surface area contributed by atoms with E-state index >= 15 is 0 Å². The summed E-state index contributed by atoms with van der Waals surface area (Å²) in [6, 6.07) is 14.7. The lowest BCUT2D eigenvalue weighted by Gasteiger charge is -2.20. The zero-order chi connectivity index (χ0) is 17.9. The van der Waals surface area contributed by atoms with Gasteiger partial charge < -0.3 is 0 Å². The number of sulfonamides is 1. The fourth-order valence-electron chi connectivity index (χ4n) is 3.30. The predicted molar refractivity (Wildman–Crippen MR) is 98.4 cm³/mol. The largest absolute Gasteiger partial charge is 0.216 e. The molecule has 3 rings (SSSR count). The molecule has 0 bridgehead atoms. The summed E-state index contributed by atoms with van der Waals surface area (Å²) >= 11 is 0. The average Bonchev–Trinajstić information content (AvgIpc) is 2.61. The summed E-state index contributed by atoms with van der Waals surface area (Å²) in [4.78, 5) is 0. The molecule has 0 radical (unpaired) electrons. The van der Waals surface area contributed by atoms with Crippen LogP contribution < -0.4 is 4.72 Å². The van der Waals surface area contributed by atoms with Gasteiger partial charge in [-0.3, -0.25) is 0 Å². The molecule has 0 amide bonds. The van der Waals surface area contributed by atoms with E-state index in [1.54, 1.807) is 24.3 Å². The molecule has 25 heavy (non-hydrogen) atoms. The summed E-state index contributed by atoms with van der Waals surface area (Å²) in [6.45, 7) is 1.88. The van der Waals surface area contributed by atoms with Gasteiger partial charge in [0.2, 0.25) is 10.0 Å². The van der Waals surface area contributed by atoms with E-state index in [0.717, 1.165) is 18.4 Å². The minimum Gasteiger partial charge on any atom is -0.212 e. The Labute approximate surface area is 149 Å². The molecule has 2 aromatic carbocycles. The fourth-order valence-corrected chi connectivity index (χ4v) is 4.69. The Hall–Kier alpha value is -2.16. The van der Waals surface area contributed by atoms with Crippen LogP contribution in [-0.2, 0) is 28.6 Å². The zero-order valence-corrected chi connectivity index (χ0v) is 15.1. The SMILES string of the molecule is C[C@@H](NS(=O)(=O)Cc1ccc(C#N)cc1)c1ccc2c(c1)CCCC2. The highest BCUT2D eigenvalue weighted by Gasteiger charge is 2.18. The number of nitrogens with zero attached hydrogens (tertiary/aromatic N) is 1. The third kappa shape index (κ3) is 4.47. The number of rotatable bonds is 5. The van der Waals surface area contributed by atoms with Gasteiger partial charge in [0.1, 0.15) is 0 Å². The maximum atomic E-state index is 12.5. The van der Waals surface area contributed by atoms with Crippen LogP contribution in [0.3, 0.4) is 0 Å². The van der Waals surface area contributed by atoms with Crippen molar-refractivity contribution in [2.75, 3.05) is 0 Å². The molecule has 0 fully saturated rings. The molecular formula is C20H22N2O2S. The van der Waals surface area contributed by atoms with Crippen molar-refractivity contribution in [3.63, 3.8) is 0 Å². The Balaban J connectivity index is 1.70. The van der Waals surface area contributed by atoms with Gasteiger partial charge in [0.05, 0.1) is 17.4 Å². The summed E-state index contributed by atoms with van der Waals surface area (Å²) in [5.74, 6) is -0.0893. The predicted octanol–water partition coefficient (Wildman–Crippen LogP) is 3.62. The van der Waals surface area contributed by atoms with Gasteiger partial charge in [-0.2, -0.15) is 5.26 Å². The molecule has 2 aromatic rings. The quantitative estimate of drug-likeness (QED) is 0.891. The summed E-state index contributed by atoms with van der Waals surface area (Å²) < 4.78 is 27.7. The highest BCUT2D eigenvalue weighted by Crippen LogP contribution is 2.25. The molecule has 5 heteroatoms. The van der Waals surface area contributed by atoms with Gasteiger partial charge in [0, 0.05) is 6.04 Å². The molecule has 1 aliphatic carbocycles. The second-order valence-corrected chi connectivity index (χ2v) is 8.40. The van der Waals surface area contributed by atoms with E-state index in [9.17, 15) is 8.42 Å². The standard InChI is InChI=1S/C20H22N2O2S/c1-15(19-11-10-18-4-2-3-5-20(18)12-19)22-25(23,24)14-17-8-6-16(13-21)7-9-17/h6-12,15,22H,2-5,14H2,1H3/t15-/m1/s1. The van der Waals surface area contributed by atoms with Crippen molar-refractivity contribution < 1.29 is 8.42 Å². The number of nitriles is 1. The van der Waals surface area contributed by atoms with Crippen LogP contribution in [0.1, 0.15) is 53.6 Å². The summed E-state index contributed by atoms with van der Waals surface area (Å²) in [6.07, 6.45) is 4.64. The monoisotopic (exact) mass is 354 g/mol. The molecule has 130 valence electrons. The summed E-state index contributed by atoms with van der Waals surface area (Å²) in [5, 5.41) is 8.81. The molecule has 0 aromatic heterocycles. The van der Waals surface area contributed by atoms with Crippen molar-refractivity contribution in [1.82, 2.24) is 4.72 Å². The third-order valence-electron chi connectivity index (χ3n) is 4.67. The van der Waals surface area contributed by atoms with Crippen LogP contribution in [0.2, 0.25) is 0 Å². The first kappa shape index (κ1) is 17.7. The topological polar surface area (TPSA) is 70.0 Å². The number of hydrogen-bond acceptors (Lipinski definition) is 3. The van der Waals surface area contributed by atoms with Crippen LogP contribution in [-0.4, -0.2) is 8.42 Å². The Bertz CT molecular complexity index is 896. The third-order valence-corrected chi connectivity index (χ3v) is 6.09. The van der Waals surface area contributed by atoms with E-state index < -0.39 is 10.0 Å². The van der Waals surface area contributed by atoms with Crippen molar-refractivity contribution >= 4 is 10.0 Å². The van der Waals surface area contributed by atoms with Crippen molar-refractivity contribution in [1.29, 1.82) is 5.26 Å². The number of fused-ring (bicyclic) bond motifs is 1. The molecule has 0 saturated heterocycles. The molecular weight excluding hydrogens is 332 g/mol. The van der Waals surface area contributed by atoms with Crippen LogP contribution in [0.15, 0.2) is 42.5 Å². The molecule has 1 aliphatic rings. The first-order valence-electron chi connectivity index (χ1n) is 8.57. The van der Waals surface area contributed by atoms with Gasteiger partial charge >= 0.3 is 0 Å². The van der Waals surface area contributed by atoms with Gasteiger partial charge in [-0.25, -0.2) is 13.1 Å². The van der Waals surface area contributed by atoms with Crippen LogP contribution >= 0.6 is 0 Å². The molecule has 0 unspecified atom stereocenters. The van der Waals surface area contributed by atoms with Crippen molar-refractivity contribution in [3.8, 4) is 6.07 Å². The van der Waals surface area contributed by atoms with Crippen LogP contribution in [0, 0.1) is 11.3 Å². The van der Waals surface area contributed by atoms with Crippen LogP contribution in [0.4, 0.5) is 0 Å². The first-order chi connectivity index (χ1) is 12.0. The van der Waals surface area contributed by atoms with Crippen LogP contribution in [0.25, 0.3) is 0 Å². The second-order valence-electron chi connectivity index (χ2n) is 6.64. The van der Waals surface area contributed by atoms with Crippen molar-refractivity contribution in [2.45, 2.75) is 44.4 Å². The van der Waals surface area contributed by atoms with E-state index in [4.69, 9.17) is 5.26 Å². The lowest BCUT2D eigenvalue weighted by atomic mass is 9.89.